The molecule has 0 saturated carbocycles. The van der Waals surface area contributed by atoms with Crippen molar-refractivity contribution >= 4 is 17.3 Å². The molecule has 0 spiro atoms. The minimum atomic E-state index is -0.292. The summed E-state index contributed by atoms with van der Waals surface area (Å²) in [6, 6.07) is 10.0. The number of aromatic nitrogens is 1. The number of carbonyl (C=O) groups excluding carboxylic acids is 1. The molecule has 2 aromatic rings. The van der Waals surface area contributed by atoms with Gasteiger partial charge in [0.15, 0.2) is 0 Å². The molecule has 0 radical (unpaired) electrons. The maximum absolute atomic E-state index is 11.8. The van der Waals surface area contributed by atoms with Crippen LogP contribution >= 0.6 is 0 Å². The number of nitrogen functional groups attached to an aromatic ring is 1. The van der Waals surface area contributed by atoms with Crippen molar-refractivity contribution in [2.24, 2.45) is 0 Å². The lowest BCUT2D eigenvalue weighted by Gasteiger charge is -2.07. The lowest BCUT2D eigenvalue weighted by atomic mass is 10.2. The van der Waals surface area contributed by atoms with Crippen molar-refractivity contribution in [3.8, 4) is 6.07 Å². The van der Waals surface area contributed by atoms with Gasteiger partial charge in [-0.1, -0.05) is 0 Å². The number of amides is 1. The van der Waals surface area contributed by atoms with Crippen molar-refractivity contribution < 1.29 is 4.79 Å². The Morgan fingerprint density at radius 1 is 1.39 bits per heavy atom. The summed E-state index contributed by atoms with van der Waals surface area (Å²) in [5.74, 6) is -0.292. The average molecular weight is 238 g/mol. The van der Waals surface area contributed by atoms with Crippen molar-refractivity contribution in [2.45, 2.75) is 0 Å². The zero-order chi connectivity index (χ0) is 13.0. The largest absolute Gasteiger partial charge is 0.397 e. The fraction of sp³-hybridized carbons (Fsp3) is 0. The molecule has 3 N–H and O–H groups in total. The highest BCUT2D eigenvalue weighted by atomic mass is 16.1. The molecule has 0 atom stereocenters. The number of carbonyl (C=O) groups is 1. The molecule has 0 fully saturated rings. The molecule has 1 amide bonds. The van der Waals surface area contributed by atoms with Crippen LogP contribution < -0.4 is 11.1 Å². The lowest BCUT2D eigenvalue weighted by molar-refractivity contribution is 0.102. The summed E-state index contributed by atoms with van der Waals surface area (Å²) >= 11 is 0. The van der Waals surface area contributed by atoms with Gasteiger partial charge in [-0.2, -0.15) is 5.26 Å². The van der Waals surface area contributed by atoms with Crippen LogP contribution in [0, 0.1) is 11.3 Å². The highest BCUT2D eigenvalue weighted by molar-refractivity contribution is 6.05. The summed E-state index contributed by atoms with van der Waals surface area (Å²) in [6.45, 7) is 0. The van der Waals surface area contributed by atoms with E-state index >= 15 is 0 Å². The Balaban J connectivity index is 2.20. The standard InChI is InChI=1S/C13H10N4O/c14-7-9-3-4-12(11(15)6-9)17-13(18)10-2-1-5-16-8-10/h1-6,8H,15H2,(H,17,18). The molecule has 88 valence electrons. The number of nitrogens with one attached hydrogen (secondary N) is 1. The number of anilines is 2. The van der Waals surface area contributed by atoms with Crippen LogP contribution in [0.5, 0.6) is 0 Å². The lowest BCUT2D eigenvalue weighted by Crippen LogP contribution is -2.13. The topological polar surface area (TPSA) is 91.8 Å². The van der Waals surface area contributed by atoms with E-state index in [1.165, 1.54) is 12.3 Å². The third-order valence-corrected chi connectivity index (χ3v) is 2.35. The third-order valence-electron chi connectivity index (χ3n) is 2.35. The fourth-order valence-electron chi connectivity index (χ4n) is 1.44. The second-order valence-corrected chi connectivity index (χ2v) is 3.61. The highest BCUT2D eigenvalue weighted by Gasteiger charge is 2.08. The van der Waals surface area contributed by atoms with Crippen molar-refractivity contribution in [3.05, 3.63) is 53.9 Å². The second kappa shape index (κ2) is 4.97. The summed E-state index contributed by atoms with van der Waals surface area (Å²) in [5, 5.41) is 11.4. The number of hydrogen-bond donors (Lipinski definition) is 2. The van der Waals surface area contributed by atoms with Gasteiger partial charge in [-0.15, -0.1) is 0 Å². The Bertz CT molecular complexity index is 617. The van der Waals surface area contributed by atoms with Gasteiger partial charge in [-0.25, -0.2) is 0 Å². The Morgan fingerprint density at radius 2 is 2.22 bits per heavy atom. The molecule has 5 nitrogen and oxygen atoms in total. The molecular formula is C13H10N4O. The molecule has 0 unspecified atom stereocenters. The van der Waals surface area contributed by atoms with Gasteiger partial charge in [-0.05, 0) is 30.3 Å². The van der Waals surface area contributed by atoms with Gasteiger partial charge in [0.25, 0.3) is 5.91 Å². The van der Waals surface area contributed by atoms with Gasteiger partial charge >= 0.3 is 0 Å². The Labute approximate surface area is 104 Å². The SMILES string of the molecule is N#Cc1ccc(NC(=O)c2cccnc2)c(N)c1. The minimum Gasteiger partial charge on any atom is -0.397 e. The van der Waals surface area contributed by atoms with E-state index in [1.807, 2.05) is 6.07 Å². The van der Waals surface area contributed by atoms with Gasteiger partial charge in [-0.3, -0.25) is 9.78 Å². The molecule has 0 aliphatic carbocycles. The van der Waals surface area contributed by atoms with E-state index in [1.54, 1.807) is 30.5 Å². The summed E-state index contributed by atoms with van der Waals surface area (Å²) in [5.41, 5.74) is 7.47. The monoisotopic (exact) mass is 238 g/mol. The number of rotatable bonds is 2. The number of benzene rings is 1. The molecule has 0 saturated heterocycles. The molecule has 1 aromatic carbocycles. The Hall–Kier alpha value is -2.87. The van der Waals surface area contributed by atoms with Crippen LogP contribution in [0.25, 0.3) is 0 Å². The Kier molecular flexibility index (Phi) is 3.21. The van der Waals surface area contributed by atoms with Crippen molar-refractivity contribution in [2.75, 3.05) is 11.1 Å². The Morgan fingerprint density at radius 3 is 2.83 bits per heavy atom. The van der Waals surface area contributed by atoms with Crippen molar-refractivity contribution in [1.82, 2.24) is 4.98 Å². The molecule has 0 bridgehead atoms. The van der Waals surface area contributed by atoms with Crippen LogP contribution in [0.3, 0.4) is 0 Å². The predicted molar refractivity (Wildman–Crippen MR) is 67.8 cm³/mol. The number of hydrogen-bond acceptors (Lipinski definition) is 4. The minimum absolute atomic E-state index is 0.292. The zero-order valence-electron chi connectivity index (χ0n) is 9.42. The van der Waals surface area contributed by atoms with E-state index in [4.69, 9.17) is 11.0 Å². The quantitative estimate of drug-likeness (QED) is 0.780. The molecule has 18 heavy (non-hydrogen) atoms. The van der Waals surface area contributed by atoms with Gasteiger partial charge < -0.3 is 11.1 Å². The van der Waals surface area contributed by atoms with Gasteiger partial charge in [0, 0.05) is 12.4 Å². The first-order chi connectivity index (χ1) is 8.70. The smallest absolute Gasteiger partial charge is 0.257 e. The molecule has 1 heterocycles. The number of nitrogens with two attached hydrogens (primary N) is 1. The van der Waals surface area contributed by atoms with Crippen LogP contribution in [0.1, 0.15) is 15.9 Å². The first kappa shape index (κ1) is 11.6. The van der Waals surface area contributed by atoms with Crippen LogP contribution in [0.4, 0.5) is 11.4 Å². The highest BCUT2D eigenvalue weighted by Crippen LogP contribution is 2.20. The summed E-state index contributed by atoms with van der Waals surface area (Å²) in [7, 11) is 0. The average Bonchev–Trinajstić information content (AvgIpc) is 2.42. The van der Waals surface area contributed by atoms with E-state index in [2.05, 4.69) is 10.3 Å². The van der Waals surface area contributed by atoms with E-state index in [-0.39, 0.29) is 5.91 Å². The number of nitriles is 1. The molecule has 0 aliphatic rings. The van der Waals surface area contributed by atoms with Crippen LogP contribution in [0.15, 0.2) is 42.7 Å². The number of nitrogens with zero attached hydrogens (tertiary/aromatic N) is 2. The normalized spacial score (nSPS) is 9.50. The summed E-state index contributed by atoms with van der Waals surface area (Å²) in [4.78, 5) is 15.7. The number of pyridine rings is 1. The van der Waals surface area contributed by atoms with Gasteiger partial charge in [0.1, 0.15) is 0 Å². The molecule has 2 rings (SSSR count). The second-order valence-electron chi connectivity index (χ2n) is 3.61. The first-order valence-corrected chi connectivity index (χ1v) is 5.21. The predicted octanol–water partition coefficient (Wildman–Crippen LogP) is 1.79. The van der Waals surface area contributed by atoms with Crippen LogP contribution in [-0.4, -0.2) is 10.9 Å². The molecular weight excluding hydrogens is 228 g/mol. The third kappa shape index (κ3) is 2.44. The van der Waals surface area contributed by atoms with Crippen LogP contribution in [0.2, 0.25) is 0 Å². The van der Waals surface area contributed by atoms with Gasteiger partial charge in [0.05, 0.1) is 28.6 Å². The van der Waals surface area contributed by atoms with E-state index < -0.39 is 0 Å². The van der Waals surface area contributed by atoms with E-state index in [9.17, 15) is 4.79 Å². The summed E-state index contributed by atoms with van der Waals surface area (Å²) < 4.78 is 0. The summed E-state index contributed by atoms with van der Waals surface area (Å²) in [6.07, 6.45) is 3.06. The zero-order valence-corrected chi connectivity index (χ0v) is 9.42. The van der Waals surface area contributed by atoms with Crippen LogP contribution in [-0.2, 0) is 0 Å². The van der Waals surface area contributed by atoms with Crippen molar-refractivity contribution in [1.29, 1.82) is 5.26 Å². The van der Waals surface area contributed by atoms with E-state index in [0.29, 0.717) is 22.5 Å². The maximum Gasteiger partial charge on any atom is 0.257 e. The molecule has 1 aromatic heterocycles. The molecule has 0 aliphatic heterocycles. The maximum atomic E-state index is 11.8. The van der Waals surface area contributed by atoms with Gasteiger partial charge in [0.2, 0.25) is 0 Å². The fourth-order valence-corrected chi connectivity index (χ4v) is 1.44. The van der Waals surface area contributed by atoms with Crippen molar-refractivity contribution in [3.63, 3.8) is 0 Å². The first-order valence-electron chi connectivity index (χ1n) is 5.21. The molecule has 5 heteroatoms. The van der Waals surface area contributed by atoms with E-state index in [0.717, 1.165) is 0 Å².